The van der Waals surface area contributed by atoms with E-state index in [0.29, 0.717) is 18.4 Å². The van der Waals surface area contributed by atoms with Crippen molar-refractivity contribution in [1.29, 1.82) is 0 Å². The molecule has 3 atom stereocenters. The van der Waals surface area contributed by atoms with E-state index in [-0.39, 0.29) is 0 Å². The van der Waals surface area contributed by atoms with Crippen molar-refractivity contribution in [2.75, 3.05) is 19.6 Å². The highest BCUT2D eigenvalue weighted by molar-refractivity contribution is 4.92. The van der Waals surface area contributed by atoms with Crippen molar-refractivity contribution in [3.8, 4) is 0 Å². The molecule has 3 unspecified atom stereocenters. The van der Waals surface area contributed by atoms with E-state index in [9.17, 15) is 0 Å². The second-order valence-corrected chi connectivity index (χ2v) is 3.84. The first-order chi connectivity index (χ1) is 5.42. The molecule has 0 aromatic rings. The summed E-state index contributed by atoms with van der Waals surface area (Å²) in [5.74, 6) is 0. The highest BCUT2D eigenvalue weighted by atomic mass is 16.5. The molecule has 0 aromatic carbocycles. The summed E-state index contributed by atoms with van der Waals surface area (Å²) >= 11 is 0. The average molecular weight is 154 g/mol. The topological polar surface area (TPSA) is 34.4 Å². The molecule has 3 aliphatic rings. The number of ether oxygens (including phenoxy) is 1. The van der Waals surface area contributed by atoms with E-state index in [4.69, 9.17) is 4.74 Å². The second-order valence-electron chi connectivity index (χ2n) is 3.84. The van der Waals surface area contributed by atoms with Crippen molar-refractivity contribution in [2.45, 2.75) is 31.2 Å². The first kappa shape index (κ1) is 6.40. The fourth-order valence-electron chi connectivity index (χ4n) is 2.21. The van der Waals surface area contributed by atoms with Crippen LogP contribution in [0.2, 0.25) is 0 Å². The molecule has 62 valence electrons. The monoisotopic (exact) mass is 154 g/mol. The van der Waals surface area contributed by atoms with Crippen molar-refractivity contribution in [3.63, 3.8) is 0 Å². The summed E-state index contributed by atoms with van der Waals surface area (Å²) in [5, 5.41) is 3.34. The fraction of sp³-hybridized carbons (Fsp3) is 1.00. The lowest BCUT2D eigenvalue weighted by Crippen LogP contribution is -2.44. The lowest BCUT2D eigenvalue weighted by molar-refractivity contribution is -0.0415. The molecule has 1 N–H and O–H groups in total. The summed E-state index contributed by atoms with van der Waals surface area (Å²) in [5.41, 5.74) is 0. The smallest absolute Gasteiger partial charge is 0.0729 e. The number of hydrogen-bond acceptors (Lipinski definition) is 3. The summed E-state index contributed by atoms with van der Waals surface area (Å²) in [6.45, 7) is 3.52. The van der Waals surface area contributed by atoms with E-state index in [1.807, 2.05) is 0 Å². The van der Waals surface area contributed by atoms with E-state index in [2.05, 4.69) is 10.2 Å². The molecule has 3 rings (SSSR count). The minimum atomic E-state index is 0.552. The van der Waals surface area contributed by atoms with E-state index in [1.165, 1.54) is 19.4 Å². The van der Waals surface area contributed by atoms with Crippen LogP contribution in [0.5, 0.6) is 0 Å². The van der Waals surface area contributed by atoms with Gasteiger partial charge in [0.2, 0.25) is 0 Å². The second kappa shape index (κ2) is 2.19. The molecule has 3 fully saturated rings. The van der Waals surface area contributed by atoms with Crippen LogP contribution in [0.3, 0.4) is 0 Å². The van der Waals surface area contributed by atoms with E-state index < -0.39 is 0 Å². The molecule has 0 saturated carbocycles. The Hall–Kier alpha value is -0.120. The van der Waals surface area contributed by atoms with E-state index in [1.54, 1.807) is 0 Å². The Kier molecular flexibility index (Phi) is 1.27. The largest absolute Gasteiger partial charge is 0.372 e. The summed E-state index contributed by atoms with van der Waals surface area (Å²) in [6.07, 6.45) is 4.37. The third-order valence-electron chi connectivity index (χ3n) is 2.90. The number of rotatable bonds is 1. The van der Waals surface area contributed by atoms with Crippen LogP contribution in [0.4, 0.5) is 0 Å². The molecular weight excluding hydrogens is 140 g/mol. The van der Waals surface area contributed by atoms with Crippen LogP contribution in [0.1, 0.15) is 12.8 Å². The molecule has 3 heterocycles. The van der Waals surface area contributed by atoms with Gasteiger partial charge in [-0.2, -0.15) is 0 Å². The molecule has 3 saturated heterocycles. The number of fused-ring (bicyclic) bond motifs is 2. The van der Waals surface area contributed by atoms with Crippen LogP contribution < -0.4 is 5.32 Å². The Morgan fingerprint density at radius 1 is 1.18 bits per heavy atom. The maximum absolute atomic E-state index is 5.74. The summed E-state index contributed by atoms with van der Waals surface area (Å²) in [4.78, 5) is 2.53. The van der Waals surface area contributed by atoms with Gasteiger partial charge in [0.15, 0.2) is 0 Å². The Balaban J connectivity index is 1.70. The molecule has 0 aromatic heterocycles. The van der Waals surface area contributed by atoms with Crippen molar-refractivity contribution < 1.29 is 4.74 Å². The zero-order valence-electron chi connectivity index (χ0n) is 6.62. The first-order valence-corrected chi connectivity index (χ1v) is 4.55. The van der Waals surface area contributed by atoms with Gasteiger partial charge >= 0.3 is 0 Å². The van der Waals surface area contributed by atoms with Crippen LogP contribution in [-0.2, 0) is 4.74 Å². The van der Waals surface area contributed by atoms with Gasteiger partial charge in [0.05, 0.1) is 18.4 Å². The van der Waals surface area contributed by atoms with Crippen LogP contribution >= 0.6 is 0 Å². The van der Waals surface area contributed by atoms with Crippen LogP contribution in [0.25, 0.3) is 0 Å². The van der Waals surface area contributed by atoms with Gasteiger partial charge in [-0.3, -0.25) is 10.2 Å². The molecule has 11 heavy (non-hydrogen) atoms. The molecule has 0 radical (unpaired) electrons. The standard InChI is InChI=1S/C8H14N2O/c1-2-7-5-10(8-3-9-8)4-6(1)11-7/h6-9H,1-5H2. The van der Waals surface area contributed by atoms with Crippen molar-refractivity contribution in [1.82, 2.24) is 10.2 Å². The Labute approximate surface area is 66.7 Å². The number of likely N-dealkylation sites (tertiary alicyclic amines) is 1. The molecule has 0 aliphatic carbocycles. The van der Waals surface area contributed by atoms with Gasteiger partial charge in [-0.25, -0.2) is 0 Å². The molecule has 0 amide bonds. The minimum absolute atomic E-state index is 0.552. The van der Waals surface area contributed by atoms with Crippen LogP contribution in [0.15, 0.2) is 0 Å². The number of morpholine rings is 1. The highest BCUT2D eigenvalue weighted by Gasteiger charge is 2.39. The van der Waals surface area contributed by atoms with Gasteiger partial charge in [0.1, 0.15) is 0 Å². The minimum Gasteiger partial charge on any atom is -0.372 e. The summed E-state index contributed by atoms with van der Waals surface area (Å²) in [7, 11) is 0. The zero-order valence-corrected chi connectivity index (χ0v) is 6.62. The SMILES string of the molecule is C1CC2CN(C3CN3)CC1O2. The Morgan fingerprint density at radius 2 is 1.82 bits per heavy atom. The lowest BCUT2D eigenvalue weighted by Gasteiger charge is -2.31. The Morgan fingerprint density at radius 3 is 2.36 bits per heavy atom. The van der Waals surface area contributed by atoms with Gasteiger partial charge < -0.3 is 4.74 Å². The molecule has 3 nitrogen and oxygen atoms in total. The van der Waals surface area contributed by atoms with Gasteiger partial charge in [-0.05, 0) is 12.8 Å². The molecule has 0 spiro atoms. The number of nitrogens with zero attached hydrogens (tertiary/aromatic N) is 1. The summed E-state index contributed by atoms with van der Waals surface area (Å²) in [6, 6.07) is 0. The summed E-state index contributed by atoms with van der Waals surface area (Å²) < 4.78 is 5.74. The maximum Gasteiger partial charge on any atom is 0.0729 e. The van der Waals surface area contributed by atoms with E-state index in [0.717, 1.165) is 13.1 Å². The predicted octanol–water partition coefficient (Wildman–Crippen LogP) is -0.221. The fourth-order valence-corrected chi connectivity index (χ4v) is 2.21. The third kappa shape index (κ3) is 1.08. The van der Waals surface area contributed by atoms with Crippen LogP contribution in [-0.4, -0.2) is 42.9 Å². The first-order valence-electron chi connectivity index (χ1n) is 4.55. The van der Waals surface area contributed by atoms with Gasteiger partial charge in [0.25, 0.3) is 0 Å². The predicted molar refractivity (Wildman–Crippen MR) is 41.3 cm³/mol. The van der Waals surface area contributed by atoms with Crippen molar-refractivity contribution in [3.05, 3.63) is 0 Å². The number of hydrogen-bond donors (Lipinski definition) is 1. The van der Waals surface area contributed by atoms with Gasteiger partial charge in [0, 0.05) is 19.6 Å². The van der Waals surface area contributed by atoms with Crippen molar-refractivity contribution in [2.24, 2.45) is 0 Å². The van der Waals surface area contributed by atoms with E-state index >= 15 is 0 Å². The molecule has 3 heteroatoms. The molecule has 3 aliphatic heterocycles. The number of nitrogens with one attached hydrogen (secondary N) is 1. The zero-order chi connectivity index (χ0) is 7.26. The quantitative estimate of drug-likeness (QED) is 0.530. The highest BCUT2D eigenvalue weighted by Crippen LogP contribution is 2.28. The van der Waals surface area contributed by atoms with Crippen LogP contribution in [0, 0.1) is 0 Å². The third-order valence-corrected chi connectivity index (χ3v) is 2.90. The lowest BCUT2D eigenvalue weighted by atomic mass is 10.2. The van der Waals surface area contributed by atoms with Crippen molar-refractivity contribution >= 4 is 0 Å². The Bertz CT molecular complexity index is 157. The molecule has 2 bridgehead atoms. The molecular formula is C8H14N2O. The van der Waals surface area contributed by atoms with Gasteiger partial charge in [-0.1, -0.05) is 0 Å². The average Bonchev–Trinajstić information content (AvgIpc) is 2.79. The normalized spacial score (nSPS) is 49.6. The maximum atomic E-state index is 5.74. The van der Waals surface area contributed by atoms with Gasteiger partial charge in [-0.15, -0.1) is 0 Å².